The number of pyridine rings is 1. The Morgan fingerprint density at radius 2 is 1.97 bits per heavy atom. The lowest BCUT2D eigenvalue weighted by Crippen LogP contribution is -2.44. The molecular formula is C28H32ClFN2O3. The Hall–Kier alpha value is -2.70. The summed E-state index contributed by atoms with van der Waals surface area (Å²) in [7, 11) is 1.55. The summed E-state index contributed by atoms with van der Waals surface area (Å²) in [4.78, 5) is 18.9. The van der Waals surface area contributed by atoms with Crippen LogP contribution in [-0.4, -0.2) is 47.7 Å². The fourth-order valence-electron chi connectivity index (χ4n) is 5.09. The van der Waals surface area contributed by atoms with Gasteiger partial charge in [0, 0.05) is 17.1 Å². The molecule has 186 valence electrons. The molecule has 0 amide bonds. The van der Waals surface area contributed by atoms with E-state index in [0.717, 1.165) is 19.4 Å². The van der Waals surface area contributed by atoms with Gasteiger partial charge in [-0.1, -0.05) is 41.9 Å². The van der Waals surface area contributed by atoms with Gasteiger partial charge in [0.2, 0.25) is 0 Å². The predicted molar refractivity (Wildman–Crippen MR) is 137 cm³/mol. The van der Waals surface area contributed by atoms with E-state index in [4.69, 9.17) is 16.3 Å². The molecule has 2 heterocycles. The number of carboxylic acid groups (broad SMARTS) is 1. The third-order valence-electron chi connectivity index (χ3n) is 7.31. The molecule has 0 spiro atoms. The number of piperidine rings is 1. The standard InChI is InChI=1S/C28H32ClFN2O3/c1-35-21-9-10-25-22(18-21)26(23(29)19-31-25)24(30)11-12-28(27(33)34)13-16-32(17-14-28)15-5-8-20-6-3-2-4-7-20/h2-4,6-7,9-10,18-19,24H,5,8,11-17H2,1H3,(H,33,34). The largest absolute Gasteiger partial charge is 0.497 e. The summed E-state index contributed by atoms with van der Waals surface area (Å²) in [5, 5.41) is 10.9. The minimum Gasteiger partial charge on any atom is -0.497 e. The number of nitrogens with zero attached hydrogens (tertiary/aromatic N) is 2. The summed E-state index contributed by atoms with van der Waals surface area (Å²) in [5.74, 6) is -0.238. The molecule has 1 saturated heterocycles. The Morgan fingerprint density at radius 3 is 2.66 bits per heavy atom. The molecule has 3 aromatic rings. The summed E-state index contributed by atoms with van der Waals surface area (Å²) in [6, 6.07) is 15.7. The van der Waals surface area contributed by atoms with Crippen molar-refractivity contribution in [3.05, 3.63) is 70.9 Å². The average Bonchev–Trinajstić information content (AvgIpc) is 2.88. The van der Waals surface area contributed by atoms with Gasteiger partial charge in [0.25, 0.3) is 0 Å². The van der Waals surface area contributed by atoms with Crippen LogP contribution in [0.25, 0.3) is 10.9 Å². The number of hydrogen-bond acceptors (Lipinski definition) is 4. The zero-order valence-electron chi connectivity index (χ0n) is 20.1. The molecule has 5 nitrogen and oxygen atoms in total. The van der Waals surface area contributed by atoms with Gasteiger partial charge in [0.05, 0.1) is 23.1 Å². The first-order valence-electron chi connectivity index (χ1n) is 12.2. The number of halogens is 2. The lowest BCUT2D eigenvalue weighted by Gasteiger charge is -2.39. The number of carbonyl (C=O) groups is 1. The number of aromatic nitrogens is 1. The normalized spacial score (nSPS) is 16.8. The maximum Gasteiger partial charge on any atom is 0.309 e. The highest BCUT2D eigenvalue weighted by atomic mass is 35.5. The fourth-order valence-corrected chi connectivity index (χ4v) is 5.36. The SMILES string of the molecule is COc1ccc2ncc(Cl)c(C(F)CCC3(C(=O)O)CCN(CCCc4ccccc4)CC3)c2c1. The van der Waals surface area contributed by atoms with E-state index in [9.17, 15) is 9.90 Å². The number of carboxylic acids is 1. The molecule has 7 heteroatoms. The Morgan fingerprint density at radius 1 is 1.23 bits per heavy atom. The number of hydrogen-bond donors (Lipinski definition) is 1. The van der Waals surface area contributed by atoms with Crippen molar-refractivity contribution in [3.8, 4) is 5.75 Å². The van der Waals surface area contributed by atoms with Gasteiger partial charge in [-0.05, 0) is 81.9 Å². The second kappa shape index (κ2) is 11.4. The summed E-state index contributed by atoms with van der Waals surface area (Å²) in [6.07, 6.45) is 3.53. The Labute approximate surface area is 210 Å². The molecule has 1 aliphatic heterocycles. The van der Waals surface area contributed by atoms with Crippen LogP contribution in [0, 0.1) is 5.41 Å². The highest BCUT2D eigenvalue weighted by Gasteiger charge is 2.41. The molecule has 2 aromatic carbocycles. The maximum absolute atomic E-state index is 15.6. The molecule has 0 aliphatic carbocycles. The number of aryl methyl sites for hydroxylation is 1. The summed E-state index contributed by atoms with van der Waals surface area (Å²) >= 11 is 6.36. The smallest absolute Gasteiger partial charge is 0.309 e. The van der Waals surface area contributed by atoms with Crippen molar-refractivity contribution in [2.24, 2.45) is 5.41 Å². The molecule has 0 bridgehead atoms. The number of benzene rings is 2. The Kier molecular flexibility index (Phi) is 8.24. The third kappa shape index (κ3) is 5.93. The van der Waals surface area contributed by atoms with Crippen molar-refractivity contribution in [2.75, 3.05) is 26.7 Å². The van der Waals surface area contributed by atoms with Crippen molar-refractivity contribution in [1.29, 1.82) is 0 Å². The van der Waals surface area contributed by atoms with Gasteiger partial charge >= 0.3 is 5.97 Å². The van der Waals surface area contributed by atoms with Gasteiger partial charge in [0.15, 0.2) is 0 Å². The molecule has 1 aromatic heterocycles. The van der Waals surface area contributed by atoms with E-state index < -0.39 is 17.6 Å². The lowest BCUT2D eigenvalue weighted by molar-refractivity contribution is -0.153. The van der Waals surface area contributed by atoms with Gasteiger partial charge in [-0.15, -0.1) is 0 Å². The van der Waals surface area contributed by atoms with Crippen LogP contribution in [0.4, 0.5) is 4.39 Å². The van der Waals surface area contributed by atoms with Crippen molar-refractivity contribution < 1.29 is 19.0 Å². The summed E-state index contributed by atoms with van der Waals surface area (Å²) in [6.45, 7) is 2.37. The molecule has 4 rings (SSSR count). The minimum atomic E-state index is -1.39. The van der Waals surface area contributed by atoms with E-state index in [1.165, 1.54) is 11.8 Å². The van der Waals surface area contributed by atoms with Crippen molar-refractivity contribution in [3.63, 3.8) is 0 Å². The Balaban J connectivity index is 1.38. The van der Waals surface area contributed by atoms with Crippen LogP contribution in [0.15, 0.2) is 54.7 Å². The molecule has 1 unspecified atom stereocenters. The van der Waals surface area contributed by atoms with Gasteiger partial charge in [0.1, 0.15) is 11.9 Å². The number of ether oxygens (including phenoxy) is 1. The van der Waals surface area contributed by atoms with E-state index in [1.54, 1.807) is 25.3 Å². The van der Waals surface area contributed by atoms with Crippen LogP contribution in [0.1, 0.15) is 49.4 Å². The second-order valence-corrected chi connectivity index (χ2v) is 9.83. The number of fused-ring (bicyclic) bond motifs is 1. The molecular weight excluding hydrogens is 467 g/mol. The molecule has 0 radical (unpaired) electrons. The predicted octanol–water partition coefficient (Wildman–Crippen LogP) is 6.49. The topological polar surface area (TPSA) is 62.7 Å². The fraction of sp³-hybridized carbons (Fsp3) is 0.429. The van der Waals surface area contributed by atoms with E-state index in [-0.39, 0.29) is 17.9 Å². The molecule has 35 heavy (non-hydrogen) atoms. The Bertz CT molecular complexity index is 1150. The van der Waals surface area contributed by atoms with E-state index in [1.807, 2.05) is 18.2 Å². The third-order valence-corrected chi connectivity index (χ3v) is 7.61. The summed E-state index contributed by atoms with van der Waals surface area (Å²) in [5.41, 5.74) is 1.39. The van der Waals surface area contributed by atoms with Crippen LogP contribution >= 0.6 is 11.6 Å². The number of likely N-dealkylation sites (tertiary alicyclic amines) is 1. The van der Waals surface area contributed by atoms with Crippen LogP contribution in [0.5, 0.6) is 5.75 Å². The van der Waals surface area contributed by atoms with Crippen molar-refractivity contribution in [2.45, 2.75) is 44.7 Å². The van der Waals surface area contributed by atoms with E-state index in [2.05, 4.69) is 22.0 Å². The molecule has 1 atom stereocenters. The van der Waals surface area contributed by atoms with Crippen LogP contribution in [0.3, 0.4) is 0 Å². The van der Waals surface area contributed by atoms with Crippen LogP contribution < -0.4 is 4.74 Å². The number of rotatable bonds is 10. The molecule has 1 aliphatic rings. The first-order valence-corrected chi connectivity index (χ1v) is 12.6. The van der Waals surface area contributed by atoms with Gasteiger partial charge < -0.3 is 14.7 Å². The monoisotopic (exact) mass is 498 g/mol. The van der Waals surface area contributed by atoms with Crippen molar-refractivity contribution >= 4 is 28.5 Å². The number of alkyl halides is 1. The van der Waals surface area contributed by atoms with Crippen LogP contribution in [0.2, 0.25) is 5.02 Å². The number of aliphatic carboxylic acids is 1. The summed E-state index contributed by atoms with van der Waals surface area (Å²) < 4.78 is 20.9. The van der Waals surface area contributed by atoms with Crippen molar-refractivity contribution in [1.82, 2.24) is 9.88 Å². The van der Waals surface area contributed by atoms with Gasteiger partial charge in [-0.25, -0.2) is 4.39 Å². The molecule has 1 fully saturated rings. The van der Waals surface area contributed by atoms with Gasteiger partial charge in [-0.2, -0.15) is 0 Å². The highest BCUT2D eigenvalue weighted by molar-refractivity contribution is 6.32. The minimum absolute atomic E-state index is 0.0936. The average molecular weight is 499 g/mol. The van der Waals surface area contributed by atoms with E-state index in [0.29, 0.717) is 48.1 Å². The first kappa shape index (κ1) is 25.4. The zero-order valence-corrected chi connectivity index (χ0v) is 20.8. The molecule has 0 saturated carbocycles. The van der Waals surface area contributed by atoms with Gasteiger partial charge in [-0.3, -0.25) is 9.78 Å². The first-order chi connectivity index (χ1) is 16.9. The quantitative estimate of drug-likeness (QED) is 0.346. The van der Waals surface area contributed by atoms with Crippen LogP contribution in [-0.2, 0) is 11.2 Å². The zero-order chi connectivity index (χ0) is 24.8. The van der Waals surface area contributed by atoms with E-state index >= 15 is 4.39 Å². The number of methoxy groups -OCH3 is 1. The molecule has 1 N–H and O–H groups in total. The lowest BCUT2D eigenvalue weighted by atomic mass is 9.74. The second-order valence-electron chi connectivity index (χ2n) is 9.43. The highest BCUT2D eigenvalue weighted by Crippen LogP contribution is 2.42. The maximum atomic E-state index is 15.6.